The molecule has 0 saturated carbocycles. The first-order chi connectivity index (χ1) is 12.9. The maximum absolute atomic E-state index is 12.3. The lowest BCUT2D eigenvalue weighted by Crippen LogP contribution is -2.13. The highest BCUT2D eigenvalue weighted by Gasteiger charge is 2.16. The molecular formula is C19H17NO5S2. The number of hydrogen-bond acceptors (Lipinski definition) is 6. The molecule has 0 aliphatic carbocycles. The van der Waals surface area contributed by atoms with Crippen molar-refractivity contribution in [3.63, 3.8) is 0 Å². The van der Waals surface area contributed by atoms with E-state index in [1.807, 2.05) is 41.8 Å². The third-order valence-electron chi connectivity index (χ3n) is 3.67. The molecular weight excluding hydrogens is 386 g/mol. The Kier molecular flexibility index (Phi) is 5.90. The van der Waals surface area contributed by atoms with Crippen molar-refractivity contribution in [1.82, 2.24) is 0 Å². The van der Waals surface area contributed by atoms with Crippen LogP contribution in [0.5, 0.6) is 5.75 Å². The van der Waals surface area contributed by atoms with E-state index in [0.717, 1.165) is 11.1 Å². The van der Waals surface area contributed by atoms with Crippen LogP contribution in [0.1, 0.15) is 9.67 Å². The van der Waals surface area contributed by atoms with Gasteiger partial charge in [-0.3, -0.25) is 0 Å². The molecule has 0 unspecified atom stereocenters. The number of ether oxygens (including phenoxy) is 2. The third-order valence-corrected chi connectivity index (χ3v) is 5.50. The summed E-state index contributed by atoms with van der Waals surface area (Å²) in [6, 6.07) is 17.2. The highest BCUT2D eigenvalue weighted by atomic mass is 32.2. The lowest BCUT2D eigenvalue weighted by Gasteiger charge is -2.08. The van der Waals surface area contributed by atoms with Gasteiger partial charge in [0.1, 0.15) is 23.8 Å². The van der Waals surface area contributed by atoms with E-state index in [2.05, 4.69) is 0 Å². The van der Waals surface area contributed by atoms with Gasteiger partial charge in [-0.2, -0.15) is 0 Å². The van der Waals surface area contributed by atoms with E-state index in [1.54, 1.807) is 0 Å². The number of benzene rings is 2. The fraction of sp³-hybridized carbons (Fsp3) is 0.105. The minimum Gasteiger partial charge on any atom is -0.490 e. The van der Waals surface area contributed by atoms with Gasteiger partial charge in [0, 0.05) is 5.56 Å². The molecule has 0 bridgehead atoms. The predicted molar refractivity (Wildman–Crippen MR) is 103 cm³/mol. The van der Waals surface area contributed by atoms with Crippen LogP contribution in [0.15, 0.2) is 70.9 Å². The normalized spacial score (nSPS) is 11.1. The van der Waals surface area contributed by atoms with E-state index in [9.17, 15) is 13.2 Å². The molecule has 0 radical (unpaired) electrons. The van der Waals surface area contributed by atoms with Crippen LogP contribution in [0.2, 0.25) is 0 Å². The first-order valence-corrected chi connectivity index (χ1v) is 10.4. The van der Waals surface area contributed by atoms with E-state index in [0.29, 0.717) is 10.6 Å². The maximum Gasteiger partial charge on any atom is 0.349 e. The SMILES string of the molecule is NS(=O)(=O)c1ccc(OCCOC(=O)c2sccc2-c2ccccc2)cc1. The van der Waals surface area contributed by atoms with Crippen LogP contribution < -0.4 is 9.88 Å². The predicted octanol–water partition coefficient (Wildman–Crippen LogP) is 3.30. The summed E-state index contributed by atoms with van der Waals surface area (Å²) >= 11 is 1.33. The van der Waals surface area contributed by atoms with Crippen LogP contribution in [0.3, 0.4) is 0 Å². The number of carbonyl (C=O) groups is 1. The Balaban J connectivity index is 1.53. The zero-order valence-electron chi connectivity index (χ0n) is 14.2. The first-order valence-electron chi connectivity index (χ1n) is 8.01. The molecule has 1 heterocycles. The van der Waals surface area contributed by atoms with Gasteiger partial charge in [-0.15, -0.1) is 11.3 Å². The monoisotopic (exact) mass is 403 g/mol. The average Bonchev–Trinajstić information content (AvgIpc) is 3.15. The van der Waals surface area contributed by atoms with Gasteiger partial charge in [0.2, 0.25) is 10.0 Å². The van der Waals surface area contributed by atoms with Crippen molar-refractivity contribution in [1.29, 1.82) is 0 Å². The summed E-state index contributed by atoms with van der Waals surface area (Å²) in [4.78, 5) is 12.9. The summed E-state index contributed by atoms with van der Waals surface area (Å²) in [6.45, 7) is 0.217. The maximum atomic E-state index is 12.3. The van der Waals surface area contributed by atoms with Gasteiger partial charge in [0.15, 0.2) is 0 Å². The van der Waals surface area contributed by atoms with Crippen LogP contribution in [-0.4, -0.2) is 27.6 Å². The van der Waals surface area contributed by atoms with Crippen molar-refractivity contribution in [2.75, 3.05) is 13.2 Å². The Morgan fingerprint density at radius 2 is 1.67 bits per heavy atom. The summed E-state index contributed by atoms with van der Waals surface area (Å²) < 4.78 is 33.1. The van der Waals surface area contributed by atoms with Crippen molar-refractivity contribution < 1.29 is 22.7 Å². The Labute approximate surface area is 161 Å². The second-order valence-electron chi connectivity index (χ2n) is 5.53. The van der Waals surface area contributed by atoms with Crippen molar-refractivity contribution in [2.45, 2.75) is 4.90 Å². The Morgan fingerprint density at radius 1 is 0.963 bits per heavy atom. The minimum atomic E-state index is -3.73. The summed E-state index contributed by atoms with van der Waals surface area (Å²) in [5.74, 6) is 0.0524. The zero-order chi connectivity index (χ0) is 19.3. The number of sulfonamides is 1. The molecule has 8 heteroatoms. The minimum absolute atomic E-state index is 0.00687. The van der Waals surface area contributed by atoms with Crippen LogP contribution in [0.4, 0.5) is 0 Å². The molecule has 27 heavy (non-hydrogen) atoms. The molecule has 0 fully saturated rings. The van der Waals surface area contributed by atoms with Gasteiger partial charge >= 0.3 is 5.97 Å². The number of esters is 1. The molecule has 6 nitrogen and oxygen atoms in total. The number of nitrogens with two attached hydrogens (primary N) is 1. The smallest absolute Gasteiger partial charge is 0.349 e. The summed E-state index contributed by atoms with van der Waals surface area (Å²) in [5.41, 5.74) is 1.79. The number of rotatable bonds is 7. The van der Waals surface area contributed by atoms with Crippen LogP contribution >= 0.6 is 11.3 Å². The highest BCUT2D eigenvalue weighted by Crippen LogP contribution is 2.28. The van der Waals surface area contributed by atoms with Gasteiger partial charge in [-0.05, 0) is 41.3 Å². The van der Waals surface area contributed by atoms with E-state index in [1.165, 1.54) is 35.6 Å². The topological polar surface area (TPSA) is 95.7 Å². The van der Waals surface area contributed by atoms with Crippen molar-refractivity contribution in [3.05, 3.63) is 70.9 Å². The Hall–Kier alpha value is -2.68. The number of hydrogen-bond donors (Lipinski definition) is 1. The number of primary sulfonamides is 1. The molecule has 0 amide bonds. The highest BCUT2D eigenvalue weighted by molar-refractivity contribution is 7.89. The van der Waals surface area contributed by atoms with Crippen molar-refractivity contribution in [2.24, 2.45) is 5.14 Å². The second kappa shape index (κ2) is 8.34. The van der Waals surface area contributed by atoms with E-state index in [4.69, 9.17) is 14.6 Å². The number of thiophene rings is 1. The van der Waals surface area contributed by atoms with Gasteiger partial charge in [0.05, 0.1) is 4.90 Å². The van der Waals surface area contributed by atoms with Gasteiger partial charge in [-0.25, -0.2) is 18.4 Å². The molecule has 2 aromatic carbocycles. The van der Waals surface area contributed by atoms with E-state index in [-0.39, 0.29) is 18.1 Å². The molecule has 140 valence electrons. The average molecular weight is 403 g/mol. The van der Waals surface area contributed by atoms with Gasteiger partial charge < -0.3 is 9.47 Å². The Morgan fingerprint density at radius 3 is 2.33 bits per heavy atom. The van der Waals surface area contributed by atoms with Crippen LogP contribution in [-0.2, 0) is 14.8 Å². The summed E-state index contributed by atoms with van der Waals surface area (Å²) in [6.07, 6.45) is 0. The van der Waals surface area contributed by atoms with Crippen LogP contribution in [0.25, 0.3) is 11.1 Å². The molecule has 0 aliphatic heterocycles. The second-order valence-corrected chi connectivity index (χ2v) is 8.01. The fourth-order valence-corrected chi connectivity index (χ4v) is 3.72. The summed E-state index contributed by atoms with van der Waals surface area (Å²) in [5, 5.41) is 6.89. The molecule has 0 saturated heterocycles. The largest absolute Gasteiger partial charge is 0.490 e. The van der Waals surface area contributed by atoms with Crippen molar-refractivity contribution in [3.8, 4) is 16.9 Å². The first kappa shape index (κ1) is 19.1. The molecule has 0 aliphatic rings. The Bertz CT molecular complexity index is 1010. The lowest BCUT2D eigenvalue weighted by atomic mass is 10.1. The zero-order valence-corrected chi connectivity index (χ0v) is 15.8. The number of carbonyl (C=O) groups excluding carboxylic acids is 1. The molecule has 0 atom stereocenters. The molecule has 3 rings (SSSR count). The molecule has 0 spiro atoms. The molecule has 1 aromatic heterocycles. The van der Waals surface area contributed by atoms with E-state index < -0.39 is 16.0 Å². The molecule has 2 N–H and O–H groups in total. The van der Waals surface area contributed by atoms with Crippen LogP contribution in [0, 0.1) is 0 Å². The van der Waals surface area contributed by atoms with Gasteiger partial charge in [-0.1, -0.05) is 30.3 Å². The fourth-order valence-electron chi connectivity index (χ4n) is 2.40. The third kappa shape index (κ3) is 4.94. The van der Waals surface area contributed by atoms with Crippen molar-refractivity contribution >= 4 is 27.3 Å². The van der Waals surface area contributed by atoms with E-state index >= 15 is 0 Å². The lowest BCUT2D eigenvalue weighted by molar-refractivity contribution is 0.0457. The molecule has 3 aromatic rings. The van der Waals surface area contributed by atoms with Gasteiger partial charge in [0.25, 0.3) is 0 Å². The summed E-state index contributed by atoms with van der Waals surface area (Å²) in [7, 11) is -3.73. The standard InChI is InChI=1S/C19H17NO5S2/c20-27(22,23)16-8-6-15(7-9-16)24-11-12-25-19(21)18-17(10-13-26-18)14-4-2-1-3-5-14/h1-10,13H,11-12H2,(H2,20,22,23). The quantitative estimate of drug-likeness (QED) is 0.482.